The van der Waals surface area contributed by atoms with Gasteiger partial charge >= 0.3 is 0 Å². The van der Waals surface area contributed by atoms with Gasteiger partial charge in [-0.1, -0.05) is 134 Å². The minimum Gasteiger partial charge on any atom is -0.309 e. The Balaban J connectivity index is 1.12. The zero-order valence-electron chi connectivity index (χ0n) is 33.6. The predicted molar refractivity (Wildman–Crippen MR) is 258 cm³/mol. The average Bonchev–Trinajstić information content (AvgIpc) is 3.99. The average molecular weight is 801 g/mol. The maximum atomic E-state index is 5.56. The van der Waals surface area contributed by atoms with Crippen LogP contribution in [0.2, 0.25) is 0 Å². The molecule has 5 heteroatoms. The Hall–Kier alpha value is -7.08. The summed E-state index contributed by atoms with van der Waals surface area (Å²) in [6, 6.07) is 47.0. The maximum absolute atomic E-state index is 5.56. The number of hydrogen-bond donors (Lipinski definition) is 0. The highest BCUT2D eigenvalue weighted by Gasteiger charge is 2.24. The molecule has 0 spiro atoms. The standard InChI is InChI=1S/C56H40N4S/c1-3-14-35(15-4-1)36-26-28-37(29-27-36)53-45-20-7-10-23-47(45)57-56(58-53)60-49-32-30-38(40-21-13-22-44-42-19-9-12-25-51(42)61-55(40)44)34-46(49)52-50(60)33-31-43-41-18-8-11-24-48(41)59(54(43)52)39-16-5-2-6-17-39/h1,3-5,8,11-18,20-34H,2,6-7,9-10,19H2. The van der Waals surface area contributed by atoms with Crippen molar-refractivity contribution in [2.45, 2.75) is 38.5 Å². The fourth-order valence-corrected chi connectivity index (χ4v) is 11.6. The SMILES string of the molecule is C1=CC(n2c3ccccc3c3ccc4c(c5cc(-c6cccc7c8c(sc67)C=CCC8)ccc5n4-c4nc(-c5ccc(-c6ccccc6)cc5)c5c(n4)=CCCC=5)c32)=CCC1. The van der Waals surface area contributed by atoms with Crippen molar-refractivity contribution in [3.8, 4) is 39.5 Å². The molecule has 0 fully saturated rings. The van der Waals surface area contributed by atoms with Crippen LogP contribution in [0.15, 0.2) is 152 Å². The second-order valence-corrected chi connectivity index (χ2v) is 17.6. The largest absolute Gasteiger partial charge is 0.309 e. The highest BCUT2D eigenvalue weighted by molar-refractivity contribution is 7.20. The van der Waals surface area contributed by atoms with E-state index in [2.05, 4.69) is 179 Å². The van der Waals surface area contributed by atoms with Crippen molar-refractivity contribution < 1.29 is 0 Å². The van der Waals surface area contributed by atoms with Crippen LogP contribution in [0, 0.1) is 0 Å². The van der Waals surface area contributed by atoms with Crippen LogP contribution in [-0.2, 0) is 6.42 Å². The van der Waals surface area contributed by atoms with Crippen LogP contribution in [0.5, 0.6) is 0 Å². The summed E-state index contributed by atoms with van der Waals surface area (Å²) < 4.78 is 6.21. The van der Waals surface area contributed by atoms with E-state index in [-0.39, 0.29) is 0 Å². The molecular formula is C56H40N4S. The summed E-state index contributed by atoms with van der Waals surface area (Å²) in [4.78, 5) is 12.4. The van der Waals surface area contributed by atoms with Gasteiger partial charge < -0.3 is 4.57 Å². The molecule has 3 aliphatic rings. The van der Waals surface area contributed by atoms with E-state index in [9.17, 15) is 0 Å². The van der Waals surface area contributed by atoms with Crippen LogP contribution in [0.1, 0.15) is 42.5 Å². The first-order valence-corrected chi connectivity index (χ1v) is 22.4. The van der Waals surface area contributed by atoms with Crippen LogP contribution in [-0.4, -0.2) is 19.1 Å². The van der Waals surface area contributed by atoms with Crippen molar-refractivity contribution in [3.05, 3.63) is 173 Å². The number of aryl methyl sites for hydroxylation is 1. The van der Waals surface area contributed by atoms with E-state index < -0.39 is 0 Å². The number of hydrogen-bond acceptors (Lipinski definition) is 3. The second kappa shape index (κ2) is 13.7. The van der Waals surface area contributed by atoms with Gasteiger partial charge in [0, 0.05) is 47.6 Å². The van der Waals surface area contributed by atoms with E-state index in [1.54, 1.807) is 0 Å². The molecule has 0 bridgehead atoms. The fraction of sp³-hybridized carbons (Fsp3) is 0.107. The topological polar surface area (TPSA) is 35.6 Å². The van der Waals surface area contributed by atoms with Gasteiger partial charge in [-0.15, -0.1) is 11.3 Å². The number of fused-ring (bicyclic) bond motifs is 11. The molecule has 0 N–H and O–H groups in total. The van der Waals surface area contributed by atoms with Gasteiger partial charge in [-0.05, 0) is 108 Å². The van der Waals surface area contributed by atoms with Crippen LogP contribution in [0.4, 0.5) is 0 Å². The Kier molecular flexibility index (Phi) is 7.82. The van der Waals surface area contributed by atoms with Crippen molar-refractivity contribution in [2.24, 2.45) is 0 Å². The normalized spacial score (nSPS) is 14.7. The molecule has 290 valence electrons. The molecule has 6 aromatic carbocycles. The third-order valence-corrected chi connectivity index (χ3v) is 14.3. The quantitative estimate of drug-likeness (QED) is 0.174. The Morgan fingerprint density at radius 3 is 2.16 bits per heavy atom. The van der Waals surface area contributed by atoms with E-state index in [4.69, 9.17) is 9.97 Å². The lowest BCUT2D eigenvalue weighted by molar-refractivity contribution is 0.949. The number of rotatable bonds is 5. The Labute approximate surface area is 357 Å². The van der Waals surface area contributed by atoms with Crippen molar-refractivity contribution in [2.75, 3.05) is 0 Å². The minimum absolute atomic E-state index is 0.693. The molecule has 4 nitrogen and oxygen atoms in total. The first kappa shape index (κ1) is 34.8. The number of allylic oxidation sites excluding steroid dienone is 5. The van der Waals surface area contributed by atoms with E-state index in [0.717, 1.165) is 71.4 Å². The van der Waals surface area contributed by atoms with Gasteiger partial charge in [-0.25, -0.2) is 9.97 Å². The third kappa shape index (κ3) is 5.37. The number of thiophene rings is 1. The molecule has 10 aromatic rings. The summed E-state index contributed by atoms with van der Waals surface area (Å²) in [7, 11) is 0. The summed E-state index contributed by atoms with van der Waals surface area (Å²) >= 11 is 1.93. The van der Waals surface area contributed by atoms with Gasteiger partial charge in [0.15, 0.2) is 0 Å². The highest BCUT2D eigenvalue weighted by Crippen LogP contribution is 2.45. The lowest BCUT2D eigenvalue weighted by atomic mass is 9.97. The van der Waals surface area contributed by atoms with Gasteiger partial charge in [0.2, 0.25) is 5.95 Å². The monoisotopic (exact) mass is 800 g/mol. The fourth-order valence-electron chi connectivity index (χ4n) is 10.3. The van der Waals surface area contributed by atoms with Crippen LogP contribution < -0.4 is 10.6 Å². The molecule has 4 aromatic heterocycles. The van der Waals surface area contributed by atoms with Crippen LogP contribution in [0.3, 0.4) is 0 Å². The summed E-state index contributed by atoms with van der Waals surface area (Å²) in [6.45, 7) is 0. The minimum atomic E-state index is 0.693. The van der Waals surface area contributed by atoms with Gasteiger partial charge in [0.1, 0.15) is 0 Å². The van der Waals surface area contributed by atoms with Crippen molar-refractivity contribution in [1.29, 1.82) is 0 Å². The molecular weight excluding hydrogens is 761 g/mol. The molecule has 0 saturated heterocycles. The highest BCUT2D eigenvalue weighted by atomic mass is 32.1. The van der Waals surface area contributed by atoms with E-state index >= 15 is 0 Å². The second-order valence-electron chi connectivity index (χ2n) is 16.6. The Morgan fingerprint density at radius 1 is 0.508 bits per heavy atom. The maximum Gasteiger partial charge on any atom is 0.235 e. The molecule has 4 heterocycles. The van der Waals surface area contributed by atoms with E-state index in [1.165, 1.54) is 81.1 Å². The molecule has 13 rings (SSSR count). The van der Waals surface area contributed by atoms with E-state index in [0.29, 0.717) is 5.95 Å². The summed E-state index contributed by atoms with van der Waals surface area (Å²) in [6.07, 6.45) is 22.5. The molecule has 0 aliphatic heterocycles. The molecule has 0 amide bonds. The van der Waals surface area contributed by atoms with Crippen molar-refractivity contribution in [3.63, 3.8) is 0 Å². The zero-order chi connectivity index (χ0) is 40.0. The number of para-hydroxylation sites is 1. The van der Waals surface area contributed by atoms with Gasteiger partial charge in [-0.2, -0.15) is 0 Å². The first-order valence-electron chi connectivity index (χ1n) is 21.6. The summed E-state index contributed by atoms with van der Waals surface area (Å²) in [5.41, 5.74) is 14.3. The predicted octanol–water partition coefficient (Wildman–Crippen LogP) is 13.4. The number of aromatic nitrogens is 4. The molecule has 0 saturated carbocycles. The zero-order valence-corrected chi connectivity index (χ0v) is 34.4. The molecule has 0 unspecified atom stereocenters. The first-order chi connectivity index (χ1) is 30.3. The van der Waals surface area contributed by atoms with E-state index in [1.807, 2.05) is 11.3 Å². The lowest BCUT2D eigenvalue weighted by Crippen LogP contribution is -2.34. The smallest absolute Gasteiger partial charge is 0.235 e. The summed E-state index contributed by atoms with van der Waals surface area (Å²) in [5, 5.41) is 8.44. The van der Waals surface area contributed by atoms with Gasteiger partial charge in [-0.3, -0.25) is 4.57 Å². The molecule has 61 heavy (non-hydrogen) atoms. The lowest BCUT2D eigenvalue weighted by Gasteiger charge is -2.13. The van der Waals surface area contributed by atoms with Crippen LogP contribution >= 0.6 is 11.3 Å². The number of benzene rings is 6. The van der Waals surface area contributed by atoms with Crippen molar-refractivity contribution in [1.82, 2.24) is 19.1 Å². The Morgan fingerprint density at radius 2 is 1.26 bits per heavy atom. The number of nitrogens with zero attached hydrogens (tertiary/aromatic N) is 4. The Bertz CT molecular complexity index is 3690. The third-order valence-electron chi connectivity index (χ3n) is 13.1. The van der Waals surface area contributed by atoms with Gasteiger partial charge in [0.25, 0.3) is 0 Å². The molecule has 0 atom stereocenters. The van der Waals surface area contributed by atoms with Gasteiger partial charge in [0.05, 0.1) is 33.1 Å². The molecule has 0 radical (unpaired) electrons. The van der Waals surface area contributed by atoms with Crippen molar-refractivity contribution >= 4 is 89.0 Å². The van der Waals surface area contributed by atoms with Crippen LogP contribution in [0.25, 0.3) is 117 Å². The molecule has 3 aliphatic carbocycles. The summed E-state index contributed by atoms with van der Waals surface area (Å²) in [5.74, 6) is 0.693.